The van der Waals surface area contributed by atoms with Gasteiger partial charge in [-0.1, -0.05) is 0 Å². The maximum atomic E-state index is 9.32. The Morgan fingerprint density at radius 3 is 2.38 bits per heavy atom. The minimum absolute atomic E-state index is 0.408. The Morgan fingerprint density at radius 1 is 1.62 bits per heavy atom. The summed E-state index contributed by atoms with van der Waals surface area (Å²) >= 11 is 0. The van der Waals surface area contributed by atoms with Crippen molar-refractivity contribution in [2.24, 2.45) is 0 Å². The van der Waals surface area contributed by atoms with Gasteiger partial charge in [0.15, 0.2) is 0 Å². The summed E-state index contributed by atoms with van der Waals surface area (Å²) in [7, 11) is 2.03. The molecule has 48 valence electrons. The van der Waals surface area contributed by atoms with Crippen LogP contribution in [0.25, 0.3) is 0 Å². The van der Waals surface area contributed by atoms with Crippen LogP contribution >= 0.6 is 0 Å². The van der Waals surface area contributed by atoms with Crippen molar-refractivity contribution in [2.45, 2.75) is 18.9 Å². The Labute approximate surface area is 50.1 Å². The van der Waals surface area contributed by atoms with Gasteiger partial charge in [0.05, 0.1) is 5.60 Å². The van der Waals surface area contributed by atoms with Crippen LogP contribution < -0.4 is 0 Å². The van der Waals surface area contributed by atoms with Crippen molar-refractivity contribution in [3.05, 3.63) is 0 Å². The van der Waals surface area contributed by atoms with Crippen molar-refractivity contribution in [1.29, 1.82) is 0 Å². The van der Waals surface area contributed by atoms with Crippen molar-refractivity contribution in [2.75, 3.05) is 20.1 Å². The number of rotatable bonds is 0. The summed E-state index contributed by atoms with van der Waals surface area (Å²) < 4.78 is 0. The standard InChI is InChI=1S/C6H13NO/c1-6(8)3-4-7(2)5-6/h8H,3-5H2,1-2H3/t6-/m1/s1. The van der Waals surface area contributed by atoms with Crippen molar-refractivity contribution in [3.8, 4) is 0 Å². The van der Waals surface area contributed by atoms with Gasteiger partial charge in [0.1, 0.15) is 0 Å². The van der Waals surface area contributed by atoms with Gasteiger partial charge in [-0.05, 0) is 20.4 Å². The molecule has 0 unspecified atom stereocenters. The summed E-state index contributed by atoms with van der Waals surface area (Å²) in [6.45, 7) is 3.75. The normalized spacial score (nSPS) is 40.9. The van der Waals surface area contributed by atoms with Crippen molar-refractivity contribution in [1.82, 2.24) is 4.90 Å². The smallest absolute Gasteiger partial charge is 0.0758 e. The Kier molecular flexibility index (Phi) is 1.29. The number of β-amino-alcohol motifs (C(OH)–C–C–N with tert-alkyl or cyclic N) is 1. The third kappa shape index (κ3) is 1.20. The highest BCUT2D eigenvalue weighted by atomic mass is 16.3. The third-order valence-corrected chi connectivity index (χ3v) is 1.64. The van der Waals surface area contributed by atoms with Crippen LogP contribution in [0.3, 0.4) is 0 Å². The van der Waals surface area contributed by atoms with E-state index in [1.165, 1.54) is 0 Å². The zero-order valence-corrected chi connectivity index (χ0v) is 5.52. The molecule has 0 saturated carbocycles. The van der Waals surface area contributed by atoms with E-state index in [-0.39, 0.29) is 0 Å². The van der Waals surface area contributed by atoms with Gasteiger partial charge in [0, 0.05) is 13.1 Å². The highest BCUT2D eigenvalue weighted by Gasteiger charge is 2.28. The fraction of sp³-hybridized carbons (Fsp3) is 1.00. The first-order chi connectivity index (χ1) is 3.60. The molecule has 1 heterocycles. The number of hydrogen-bond acceptors (Lipinski definition) is 2. The minimum Gasteiger partial charge on any atom is -0.389 e. The second-order valence-corrected chi connectivity index (χ2v) is 2.98. The summed E-state index contributed by atoms with van der Waals surface area (Å²) in [5.74, 6) is 0. The monoisotopic (exact) mass is 115 g/mol. The number of nitrogens with zero attached hydrogens (tertiary/aromatic N) is 1. The Bertz CT molecular complexity index is 90.5. The van der Waals surface area contributed by atoms with Gasteiger partial charge in [-0.2, -0.15) is 0 Å². The van der Waals surface area contributed by atoms with Crippen LogP contribution in [0.15, 0.2) is 0 Å². The molecule has 0 aromatic rings. The van der Waals surface area contributed by atoms with Gasteiger partial charge in [0.25, 0.3) is 0 Å². The maximum Gasteiger partial charge on any atom is 0.0758 e. The predicted octanol–water partition coefficient (Wildman–Crippen LogP) is 0.0729. The fourth-order valence-corrected chi connectivity index (χ4v) is 1.17. The summed E-state index contributed by atoms with van der Waals surface area (Å²) in [6, 6.07) is 0. The van der Waals surface area contributed by atoms with Gasteiger partial charge < -0.3 is 10.0 Å². The first-order valence-corrected chi connectivity index (χ1v) is 3.01. The molecule has 0 spiro atoms. The molecule has 1 atom stereocenters. The molecule has 0 bridgehead atoms. The molecule has 0 amide bonds. The van der Waals surface area contributed by atoms with Crippen LogP contribution in [0.5, 0.6) is 0 Å². The maximum absolute atomic E-state index is 9.32. The van der Waals surface area contributed by atoms with E-state index in [9.17, 15) is 5.11 Å². The van der Waals surface area contributed by atoms with Gasteiger partial charge in [-0.15, -0.1) is 0 Å². The summed E-state index contributed by atoms with van der Waals surface area (Å²) in [4.78, 5) is 2.14. The molecule has 0 aliphatic carbocycles. The van der Waals surface area contributed by atoms with Crippen molar-refractivity contribution in [3.63, 3.8) is 0 Å². The van der Waals surface area contributed by atoms with Crippen LogP contribution in [-0.2, 0) is 0 Å². The number of likely N-dealkylation sites (N-methyl/N-ethyl adjacent to an activating group) is 1. The quantitative estimate of drug-likeness (QED) is 0.483. The number of aliphatic hydroxyl groups is 1. The molecule has 0 aromatic carbocycles. The van der Waals surface area contributed by atoms with E-state index in [1.807, 2.05) is 14.0 Å². The van der Waals surface area contributed by atoms with Crippen LogP contribution in [0, 0.1) is 0 Å². The second-order valence-electron chi connectivity index (χ2n) is 2.98. The second kappa shape index (κ2) is 1.71. The average Bonchev–Trinajstić information content (AvgIpc) is 1.82. The summed E-state index contributed by atoms with van der Waals surface area (Å²) in [5, 5.41) is 9.32. The van der Waals surface area contributed by atoms with Gasteiger partial charge in [-0.25, -0.2) is 0 Å². The predicted molar refractivity (Wildman–Crippen MR) is 32.7 cm³/mol. The molecule has 1 fully saturated rings. The van der Waals surface area contributed by atoms with E-state index in [0.29, 0.717) is 0 Å². The van der Waals surface area contributed by atoms with Crippen LogP contribution in [0.1, 0.15) is 13.3 Å². The van der Waals surface area contributed by atoms with Crippen LogP contribution in [0.2, 0.25) is 0 Å². The Hall–Kier alpha value is -0.0800. The topological polar surface area (TPSA) is 23.5 Å². The van der Waals surface area contributed by atoms with Crippen LogP contribution in [0.4, 0.5) is 0 Å². The van der Waals surface area contributed by atoms with Crippen LogP contribution in [-0.4, -0.2) is 35.7 Å². The Morgan fingerprint density at radius 2 is 2.25 bits per heavy atom. The zero-order chi connectivity index (χ0) is 6.20. The SMILES string of the molecule is CN1CC[C@@](C)(O)C1. The van der Waals surface area contributed by atoms with E-state index in [1.54, 1.807) is 0 Å². The largest absolute Gasteiger partial charge is 0.389 e. The van der Waals surface area contributed by atoms with E-state index in [4.69, 9.17) is 0 Å². The summed E-state index contributed by atoms with van der Waals surface area (Å²) in [5.41, 5.74) is -0.408. The molecule has 1 rings (SSSR count). The highest BCUT2D eigenvalue weighted by Crippen LogP contribution is 2.17. The average molecular weight is 115 g/mol. The van der Waals surface area contributed by atoms with Gasteiger partial charge in [0.2, 0.25) is 0 Å². The molecule has 0 aromatic heterocycles. The van der Waals surface area contributed by atoms with Gasteiger partial charge >= 0.3 is 0 Å². The first kappa shape index (κ1) is 6.05. The minimum atomic E-state index is -0.408. The third-order valence-electron chi connectivity index (χ3n) is 1.64. The molecule has 2 nitrogen and oxygen atoms in total. The van der Waals surface area contributed by atoms with Crippen molar-refractivity contribution >= 4 is 0 Å². The van der Waals surface area contributed by atoms with E-state index < -0.39 is 5.60 Å². The van der Waals surface area contributed by atoms with E-state index in [2.05, 4.69) is 4.90 Å². The lowest BCUT2D eigenvalue weighted by atomic mass is 10.1. The van der Waals surface area contributed by atoms with Crippen molar-refractivity contribution < 1.29 is 5.11 Å². The molecular formula is C6H13NO. The first-order valence-electron chi connectivity index (χ1n) is 3.01. The lowest BCUT2D eigenvalue weighted by Crippen LogP contribution is -2.27. The highest BCUT2D eigenvalue weighted by molar-refractivity contribution is 4.83. The molecular weight excluding hydrogens is 102 g/mol. The molecule has 2 heteroatoms. The van der Waals surface area contributed by atoms with E-state index in [0.717, 1.165) is 19.5 Å². The fourth-order valence-electron chi connectivity index (χ4n) is 1.17. The number of likely N-dealkylation sites (tertiary alicyclic amines) is 1. The molecule has 1 aliphatic rings. The lowest BCUT2D eigenvalue weighted by Gasteiger charge is -2.14. The zero-order valence-electron chi connectivity index (χ0n) is 5.52. The summed E-state index contributed by atoms with van der Waals surface area (Å²) in [6.07, 6.45) is 0.920. The van der Waals surface area contributed by atoms with E-state index >= 15 is 0 Å². The number of hydrogen-bond donors (Lipinski definition) is 1. The molecule has 8 heavy (non-hydrogen) atoms. The molecule has 1 aliphatic heterocycles. The molecule has 0 radical (unpaired) electrons. The van der Waals surface area contributed by atoms with Gasteiger partial charge in [-0.3, -0.25) is 0 Å². The molecule has 1 N–H and O–H groups in total. The Balaban J connectivity index is 2.44. The molecule has 1 saturated heterocycles. The lowest BCUT2D eigenvalue weighted by molar-refractivity contribution is 0.0719.